The summed E-state index contributed by atoms with van der Waals surface area (Å²) in [6.07, 6.45) is 1.73. The number of fused-ring (bicyclic) bond motifs is 1. The van der Waals surface area contributed by atoms with Crippen molar-refractivity contribution < 1.29 is 14.3 Å². The summed E-state index contributed by atoms with van der Waals surface area (Å²) in [5, 5.41) is 0. The van der Waals surface area contributed by atoms with Crippen LogP contribution in [-0.2, 0) is 11.2 Å². The first kappa shape index (κ1) is 16.7. The number of amides is 1. The van der Waals surface area contributed by atoms with Crippen LogP contribution in [0.3, 0.4) is 0 Å². The summed E-state index contributed by atoms with van der Waals surface area (Å²) in [5.41, 5.74) is 8.64. The van der Waals surface area contributed by atoms with Gasteiger partial charge in [0.2, 0.25) is 0 Å². The third kappa shape index (κ3) is 3.52. The number of rotatable bonds is 1. The molecule has 0 saturated carbocycles. The topological polar surface area (TPSA) is 68.0 Å². The molecule has 0 unspecified atom stereocenters. The van der Waals surface area contributed by atoms with Crippen LogP contribution in [-0.4, -0.2) is 49.4 Å². The predicted molar refractivity (Wildman–Crippen MR) is 94.7 cm³/mol. The number of nitrogen functional groups attached to an aromatic ring is 1. The van der Waals surface area contributed by atoms with Crippen LogP contribution in [0.5, 0.6) is 5.75 Å². The Morgan fingerprint density at radius 2 is 1.92 bits per heavy atom. The van der Waals surface area contributed by atoms with Crippen molar-refractivity contribution in [1.82, 2.24) is 4.90 Å². The van der Waals surface area contributed by atoms with Crippen LogP contribution >= 0.6 is 0 Å². The van der Waals surface area contributed by atoms with Crippen LogP contribution in [0.4, 0.5) is 16.2 Å². The molecular formula is C18H27N3O3. The molecular weight excluding hydrogens is 306 g/mol. The smallest absolute Gasteiger partial charge is 0.410 e. The number of nitrogens with two attached hydrogens (primary N) is 1. The third-order valence-electron chi connectivity index (χ3n) is 4.37. The minimum absolute atomic E-state index is 0.238. The standard InChI is InChI=1S/C18H27N3O3/c1-18(2,3)24-17(22)21-10-8-20(9-11-21)15-7-6-14(19)13-5-4-12-23-16(13)15/h6-7H,4-5,8-12,19H2,1-3H3. The van der Waals surface area contributed by atoms with E-state index >= 15 is 0 Å². The van der Waals surface area contributed by atoms with Gasteiger partial charge in [-0.25, -0.2) is 4.79 Å². The van der Waals surface area contributed by atoms with E-state index in [1.807, 2.05) is 32.9 Å². The van der Waals surface area contributed by atoms with Gasteiger partial charge in [0, 0.05) is 37.4 Å². The van der Waals surface area contributed by atoms with E-state index in [-0.39, 0.29) is 6.09 Å². The molecule has 1 amide bonds. The van der Waals surface area contributed by atoms with Crippen molar-refractivity contribution in [2.75, 3.05) is 43.4 Å². The number of hydrogen-bond acceptors (Lipinski definition) is 5. The number of benzene rings is 1. The second-order valence-corrected chi connectivity index (χ2v) is 7.39. The summed E-state index contributed by atoms with van der Waals surface area (Å²) in [7, 11) is 0. The fourth-order valence-electron chi connectivity index (χ4n) is 3.18. The van der Waals surface area contributed by atoms with Gasteiger partial charge >= 0.3 is 6.09 Å². The van der Waals surface area contributed by atoms with Crippen molar-refractivity contribution in [3.63, 3.8) is 0 Å². The van der Waals surface area contributed by atoms with E-state index in [1.54, 1.807) is 4.90 Å². The molecule has 24 heavy (non-hydrogen) atoms. The van der Waals surface area contributed by atoms with Gasteiger partial charge in [-0.15, -0.1) is 0 Å². The predicted octanol–water partition coefficient (Wildman–Crippen LogP) is 2.65. The number of ether oxygens (including phenoxy) is 2. The second-order valence-electron chi connectivity index (χ2n) is 7.39. The van der Waals surface area contributed by atoms with Gasteiger partial charge in [0.1, 0.15) is 11.4 Å². The molecule has 0 atom stereocenters. The van der Waals surface area contributed by atoms with Gasteiger partial charge in [-0.3, -0.25) is 0 Å². The highest BCUT2D eigenvalue weighted by Crippen LogP contribution is 2.39. The number of carbonyl (C=O) groups excluding carboxylic acids is 1. The molecule has 1 aromatic carbocycles. The van der Waals surface area contributed by atoms with E-state index < -0.39 is 5.60 Å². The van der Waals surface area contributed by atoms with Crippen molar-refractivity contribution in [3.05, 3.63) is 17.7 Å². The van der Waals surface area contributed by atoms with Crippen LogP contribution in [0.2, 0.25) is 0 Å². The molecule has 6 nitrogen and oxygen atoms in total. The van der Waals surface area contributed by atoms with Gasteiger partial charge in [-0.05, 0) is 45.7 Å². The van der Waals surface area contributed by atoms with Gasteiger partial charge in [-0.1, -0.05) is 0 Å². The van der Waals surface area contributed by atoms with Gasteiger partial charge in [0.25, 0.3) is 0 Å². The number of carbonyl (C=O) groups is 1. The number of nitrogens with zero attached hydrogens (tertiary/aromatic N) is 2. The fourth-order valence-corrected chi connectivity index (χ4v) is 3.18. The molecule has 1 saturated heterocycles. The minimum atomic E-state index is -0.460. The molecule has 132 valence electrons. The monoisotopic (exact) mass is 333 g/mol. The highest BCUT2D eigenvalue weighted by atomic mass is 16.6. The van der Waals surface area contributed by atoms with Gasteiger partial charge in [-0.2, -0.15) is 0 Å². The Hall–Kier alpha value is -2.11. The summed E-state index contributed by atoms with van der Waals surface area (Å²) in [4.78, 5) is 16.2. The van der Waals surface area contributed by atoms with Crippen molar-refractivity contribution >= 4 is 17.5 Å². The molecule has 1 aromatic rings. The molecule has 0 aliphatic carbocycles. The second kappa shape index (κ2) is 6.42. The van der Waals surface area contributed by atoms with Crippen LogP contribution < -0.4 is 15.4 Å². The van der Waals surface area contributed by atoms with Gasteiger partial charge in [0.15, 0.2) is 0 Å². The number of hydrogen-bond donors (Lipinski definition) is 1. The lowest BCUT2D eigenvalue weighted by Gasteiger charge is -2.38. The van der Waals surface area contributed by atoms with Crippen molar-refractivity contribution in [2.24, 2.45) is 0 Å². The van der Waals surface area contributed by atoms with E-state index in [2.05, 4.69) is 4.90 Å². The maximum absolute atomic E-state index is 12.2. The van der Waals surface area contributed by atoms with E-state index in [9.17, 15) is 4.79 Å². The summed E-state index contributed by atoms with van der Waals surface area (Å²) >= 11 is 0. The number of piperazine rings is 1. The molecule has 0 aromatic heterocycles. The summed E-state index contributed by atoms with van der Waals surface area (Å²) in [6.45, 7) is 9.22. The Morgan fingerprint density at radius 1 is 1.21 bits per heavy atom. The first-order valence-corrected chi connectivity index (χ1v) is 8.62. The molecule has 2 aliphatic rings. The SMILES string of the molecule is CC(C)(C)OC(=O)N1CCN(c2ccc(N)c3c2OCCC3)CC1. The van der Waals surface area contributed by atoms with Gasteiger partial charge in [0.05, 0.1) is 12.3 Å². The highest BCUT2D eigenvalue weighted by molar-refractivity contribution is 5.71. The van der Waals surface area contributed by atoms with Crippen LogP contribution in [0, 0.1) is 0 Å². The third-order valence-corrected chi connectivity index (χ3v) is 4.37. The largest absolute Gasteiger partial charge is 0.491 e. The molecule has 0 radical (unpaired) electrons. The average Bonchev–Trinajstić information content (AvgIpc) is 2.54. The van der Waals surface area contributed by atoms with Crippen LogP contribution in [0.1, 0.15) is 32.8 Å². The lowest BCUT2D eigenvalue weighted by atomic mass is 10.0. The highest BCUT2D eigenvalue weighted by Gasteiger charge is 2.28. The fraction of sp³-hybridized carbons (Fsp3) is 0.611. The van der Waals surface area contributed by atoms with Gasteiger partial charge < -0.3 is 25.0 Å². The summed E-state index contributed by atoms with van der Waals surface area (Å²) in [6, 6.07) is 3.99. The summed E-state index contributed by atoms with van der Waals surface area (Å²) < 4.78 is 11.4. The minimum Gasteiger partial charge on any atom is -0.491 e. The molecule has 3 rings (SSSR count). The Bertz CT molecular complexity index is 617. The summed E-state index contributed by atoms with van der Waals surface area (Å²) in [5.74, 6) is 0.923. The Labute approximate surface area is 143 Å². The Morgan fingerprint density at radius 3 is 2.58 bits per heavy atom. The first-order valence-electron chi connectivity index (χ1n) is 8.62. The van der Waals surface area contributed by atoms with Crippen molar-refractivity contribution in [1.29, 1.82) is 0 Å². The van der Waals surface area contributed by atoms with Crippen molar-refractivity contribution in [3.8, 4) is 5.75 Å². The number of anilines is 2. The maximum Gasteiger partial charge on any atom is 0.410 e. The zero-order valence-electron chi connectivity index (χ0n) is 14.8. The van der Waals surface area contributed by atoms with Crippen LogP contribution in [0.15, 0.2) is 12.1 Å². The zero-order valence-corrected chi connectivity index (χ0v) is 14.8. The quantitative estimate of drug-likeness (QED) is 0.800. The van der Waals surface area contributed by atoms with Crippen LogP contribution in [0.25, 0.3) is 0 Å². The van der Waals surface area contributed by atoms with E-state index in [0.717, 1.165) is 55.2 Å². The van der Waals surface area contributed by atoms with E-state index in [1.165, 1.54) is 0 Å². The molecule has 2 N–H and O–H groups in total. The molecule has 1 fully saturated rings. The molecule has 2 aliphatic heterocycles. The van der Waals surface area contributed by atoms with E-state index in [0.29, 0.717) is 13.1 Å². The lowest BCUT2D eigenvalue weighted by Crippen LogP contribution is -2.50. The molecule has 6 heteroatoms. The van der Waals surface area contributed by atoms with E-state index in [4.69, 9.17) is 15.2 Å². The zero-order chi connectivity index (χ0) is 17.3. The average molecular weight is 333 g/mol. The maximum atomic E-state index is 12.2. The molecule has 2 heterocycles. The normalized spacial score (nSPS) is 18.0. The van der Waals surface area contributed by atoms with Crippen molar-refractivity contribution in [2.45, 2.75) is 39.2 Å². The Balaban J connectivity index is 1.68. The molecule has 0 bridgehead atoms. The molecule has 0 spiro atoms. The first-order chi connectivity index (χ1) is 11.3. The Kier molecular flexibility index (Phi) is 4.47. The lowest BCUT2D eigenvalue weighted by molar-refractivity contribution is 0.0240.